The molecule has 27 heavy (non-hydrogen) atoms. The zero-order valence-corrected chi connectivity index (χ0v) is 15.0. The predicted molar refractivity (Wildman–Crippen MR) is 103 cm³/mol. The van der Waals surface area contributed by atoms with E-state index in [0.717, 1.165) is 22.1 Å². The quantitative estimate of drug-likeness (QED) is 0.725. The van der Waals surface area contributed by atoms with E-state index in [9.17, 15) is 9.59 Å². The number of rotatable bonds is 4. The fraction of sp³-hybridized carbons (Fsp3) is 0.190. The predicted octanol–water partition coefficient (Wildman–Crippen LogP) is 3.07. The summed E-state index contributed by atoms with van der Waals surface area (Å²) in [4.78, 5) is 30.2. The molecule has 6 nitrogen and oxygen atoms in total. The highest BCUT2D eigenvalue weighted by molar-refractivity contribution is 6.18. The van der Waals surface area contributed by atoms with Gasteiger partial charge >= 0.3 is 0 Å². The zero-order valence-electron chi connectivity index (χ0n) is 15.0. The summed E-state index contributed by atoms with van der Waals surface area (Å²) >= 11 is 0. The van der Waals surface area contributed by atoms with Crippen LogP contribution >= 0.6 is 0 Å². The van der Waals surface area contributed by atoms with Crippen LogP contribution in [-0.2, 0) is 22.6 Å². The van der Waals surface area contributed by atoms with Crippen molar-refractivity contribution in [3.63, 3.8) is 0 Å². The van der Waals surface area contributed by atoms with E-state index < -0.39 is 0 Å². The SMILES string of the molecule is C=C(C(=O)NCc1coc2ccccc12)c1cnc2c(c1)CCC(=O)N2C. The number of hydrogen-bond donors (Lipinski definition) is 1. The van der Waals surface area contributed by atoms with Crippen molar-refractivity contribution in [3.05, 3.63) is 66.1 Å². The van der Waals surface area contributed by atoms with Crippen LogP contribution in [0.25, 0.3) is 16.5 Å². The maximum Gasteiger partial charge on any atom is 0.251 e. The number of aryl methyl sites for hydroxylation is 1. The number of fused-ring (bicyclic) bond motifs is 2. The molecule has 1 aliphatic rings. The average molecular weight is 361 g/mol. The topological polar surface area (TPSA) is 75.4 Å². The fourth-order valence-electron chi connectivity index (χ4n) is 3.26. The lowest BCUT2D eigenvalue weighted by Crippen LogP contribution is -2.32. The van der Waals surface area contributed by atoms with Crippen molar-refractivity contribution >= 4 is 34.2 Å². The molecule has 3 heterocycles. The van der Waals surface area contributed by atoms with Crippen LogP contribution in [0.3, 0.4) is 0 Å². The summed E-state index contributed by atoms with van der Waals surface area (Å²) in [5, 5.41) is 3.86. The summed E-state index contributed by atoms with van der Waals surface area (Å²) in [6.07, 6.45) is 4.31. The van der Waals surface area contributed by atoms with Crippen molar-refractivity contribution in [1.29, 1.82) is 0 Å². The maximum absolute atomic E-state index is 12.5. The maximum atomic E-state index is 12.5. The third kappa shape index (κ3) is 3.10. The van der Waals surface area contributed by atoms with E-state index in [2.05, 4.69) is 16.9 Å². The summed E-state index contributed by atoms with van der Waals surface area (Å²) in [7, 11) is 1.71. The van der Waals surface area contributed by atoms with E-state index in [-0.39, 0.29) is 11.8 Å². The molecule has 4 rings (SSSR count). The van der Waals surface area contributed by atoms with Crippen molar-refractivity contribution in [2.24, 2.45) is 0 Å². The smallest absolute Gasteiger partial charge is 0.251 e. The summed E-state index contributed by atoms with van der Waals surface area (Å²) in [5.41, 5.74) is 3.65. The zero-order chi connectivity index (χ0) is 19.0. The van der Waals surface area contributed by atoms with Crippen LogP contribution in [0.2, 0.25) is 0 Å². The minimum Gasteiger partial charge on any atom is -0.464 e. The van der Waals surface area contributed by atoms with Crippen LogP contribution in [0.15, 0.2) is 53.8 Å². The van der Waals surface area contributed by atoms with Crippen LogP contribution in [0, 0.1) is 0 Å². The molecular weight excluding hydrogens is 342 g/mol. The second-order valence-corrected chi connectivity index (χ2v) is 6.58. The van der Waals surface area contributed by atoms with Crippen molar-refractivity contribution in [3.8, 4) is 0 Å². The van der Waals surface area contributed by atoms with Crippen LogP contribution < -0.4 is 10.2 Å². The number of carbonyl (C=O) groups is 2. The molecule has 0 radical (unpaired) electrons. The highest BCUT2D eigenvalue weighted by Crippen LogP contribution is 2.27. The Morgan fingerprint density at radius 2 is 2.15 bits per heavy atom. The molecule has 1 aliphatic heterocycles. The van der Waals surface area contributed by atoms with Gasteiger partial charge in [-0.05, 0) is 24.1 Å². The Labute approximate surface area is 156 Å². The number of amides is 2. The molecular formula is C21H19N3O3. The molecule has 0 unspecified atom stereocenters. The Balaban J connectivity index is 1.48. The summed E-state index contributed by atoms with van der Waals surface area (Å²) in [5.74, 6) is 0.432. The molecule has 2 aromatic heterocycles. The first-order valence-corrected chi connectivity index (χ1v) is 8.72. The molecule has 6 heteroatoms. The molecule has 0 saturated heterocycles. The standard InChI is InChI=1S/C21H19N3O3/c1-13(15-9-14-7-8-19(25)24(2)20(14)22-10-15)21(26)23-11-16-12-27-18-6-4-3-5-17(16)18/h3-6,9-10,12H,1,7-8,11H2,2H3,(H,23,26). The van der Waals surface area contributed by atoms with Gasteiger partial charge in [0.05, 0.1) is 6.26 Å². The normalized spacial score (nSPS) is 13.5. The highest BCUT2D eigenvalue weighted by atomic mass is 16.3. The fourth-order valence-corrected chi connectivity index (χ4v) is 3.26. The van der Waals surface area contributed by atoms with E-state index in [0.29, 0.717) is 36.3 Å². The number of para-hydroxylation sites is 1. The van der Waals surface area contributed by atoms with Gasteiger partial charge in [0, 0.05) is 48.3 Å². The minimum absolute atomic E-state index is 0.0478. The average Bonchev–Trinajstić information content (AvgIpc) is 3.11. The molecule has 0 atom stereocenters. The number of nitrogens with zero attached hydrogens (tertiary/aromatic N) is 2. The van der Waals surface area contributed by atoms with Crippen molar-refractivity contribution in [2.75, 3.05) is 11.9 Å². The number of nitrogens with one attached hydrogen (secondary N) is 1. The molecule has 0 aliphatic carbocycles. The lowest BCUT2D eigenvalue weighted by molar-refractivity contribution is -0.118. The molecule has 0 saturated carbocycles. The van der Waals surface area contributed by atoms with Gasteiger partial charge in [-0.1, -0.05) is 24.8 Å². The molecule has 2 amide bonds. The molecule has 0 fully saturated rings. The van der Waals surface area contributed by atoms with Crippen LogP contribution in [-0.4, -0.2) is 23.8 Å². The Bertz CT molecular complexity index is 1070. The van der Waals surface area contributed by atoms with Crippen LogP contribution in [0.4, 0.5) is 5.82 Å². The second kappa shape index (κ2) is 6.72. The van der Waals surface area contributed by atoms with Gasteiger partial charge in [0.15, 0.2) is 0 Å². The largest absolute Gasteiger partial charge is 0.464 e. The number of carbonyl (C=O) groups excluding carboxylic acids is 2. The number of furan rings is 1. The van der Waals surface area contributed by atoms with Gasteiger partial charge in [0.25, 0.3) is 5.91 Å². The first-order valence-electron chi connectivity index (χ1n) is 8.72. The number of pyridine rings is 1. The first-order chi connectivity index (χ1) is 13.0. The number of benzene rings is 1. The van der Waals surface area contributed by atoms with E-state index in [1.54, 1.807) is 24.4 Å². The van der Waals surface area contributed by atoms with E-state index in [4.69, 9.17) is 4.42 Å². The van der Waals surface area contributed by atoms with Gasteiger partial charge in [-0.3, -0.25) is 14.5 Å². The number of anilines is 1. The third-order valence-corrected chi connectivity index (χ3v) is 4.87. The Morgan fingerprint density at radius 3 is 3.00 bits per heavy atom. The Kier molecular flexibility index (Phi) is 4.24. The van der Waals surface area contributed by atoms with Crippen LogP contribution in [0.1, 0.15) is 23.1 Å². The van der Waals surface area contributed by atoms with Gasteiger partial charge in [-0.15, -0.1) is 0 Å². The van der Waals surface area contributed by atoms with Gasteiger partial charge in [-0.25, -0.2) is 4.98 Å². The van der Waals surface area contributed by atoms with E-state index in [1.807, 2.05) is 30.3 Å². The van der Waals surface area contributed by atoms with Gasteiger partial charge in [-0.2, -0.15) is 0 Å². The molecule has 1 N–H and O–H groups in total. The van der Waals surface area contributed by atoms with Gasteiger partial charge < -0.3 is 9.73 Å². The van der Waals surface area contributed by atoms with Crippen LogP contribution in [0.5, 0.6) is 0 Å². The summed E-state index contributed by atoms with van der Waals surface area (Å²) in [6.45, 7) is 4.27. The molecule has 136 valence electrons. The van der Waals surface area contributed by atoms with E-state index >= 15 is 0 Å². The third-order valence-electron chi connectivity index (χ3n) is 4.87. The van der Waals surface area contributed by atoms with Gasteiger partial charge in [0.1, 0.15) is 11.4 Å². The second-order valence-electron chi connectivity index (χ2n) is 6.58. The minimum atomic E-state index is -0.262. The summed E-state index contributed by atoms with van der Waals surface area (Å²) < 4.78 is 5.49. The lowest BCUT2D eigenvalue weighted by Gasteiger charge is -2.24. The first kappa shape index (κ1) is 17.0. The lowest BCUT2D eigenvalue weighted by atomic mass is 10.0. The van der Waals surface area contributed by atoms with E-state index in [1.165, 1.54) is 0 Å². The van der Waals surface area contributed by atoms with Gasteiger partial charge in [0.2, 0.25) is 5.91 Å². The monoisotopic (exact) mass is 361 g/mol. The Morgan fingerprint density at radius 1 is 1.33 bits per heavy atom. The molecule has 0 bridgehead atoms. The number of aromatic nitrogens is 1. The number of hydrogen-bond acceptors (Lipinski definition) is 4. The molecule has 1 aromatic carbocycles. The molecule has 0 spiro atoms. The summed E-state index contributed by atoms with van der Waals surface area (Å²) in [6, 6.07) is 9.58. The Hall–Kier alpha value is -3.41. The van der Waals surface area contributed by atoms with Crippen molar-refractivity contribution in [2.45, 2.75) is 19.4 Å². The molecule has 3 aromatic rings. The van der Waals surface area contributed by atoms with Crippen molar-refractivity contribution in [1.82, 2.24) is 10.3 Å². The van der Waals surface area contributed by atoms with Crippen molar-refractivity contribution < 1.29 is 14.0 Å². The highest BCUT2D eigenvalue weighted by Gasteiger charge is 2.23.